The van der Waals surface area contributed by atoms with Crippen LogP contribution in [0, 0.1) is 6.92 Å². The molecule has 1 fully saturated rings. The fourth-order valence-corrected chi connectivity index (χ4v) is 4.22. The maximum absolute atomic E-state index is 12.1. The number of fused-ring (bicyclic) bond motifs is 2. The van der Waals surface area contributed by atoms with Gasteiger partial charge >= 0.3 is 0 Å². The molecule has 25 heavy (non-hydrogen) atoms. The predicted octanol–water partition coefficient (Wildman–Crippen LogP) is 3.47. The highest BCUT2D eigenvalue weighted by Gasteiger charge is 2.18. The van der Waals surface area contributed by atoms with Crippen molar-refractivity contribution in [2.45, 2.75) is 43.7 Å². The molecule has 2 aliphatic rings. The molecule has 0 atom stereocenters. The van der Waals surface area contributed by atoms with Crippen LogP contribution in [-0.2, 0) is 4.79 Å². The minimum Gasteiger partial charge on any atom is -0.486 e. The van der Waals surface area contributed by atoms with Gasteiger partial charge in [-0.25, -0.2) is 4.98 Å². The number of nitrogens with one attached hydrogen (secondary N) is 1. The minimum absolute atomic E-state index is 0.0976. The highest BCUT2D eigenvalue weighted by Crippen LogP contribution is 2.35. The van der Waals surface area contributed by atoms with Gasteiger partial charge in [0.15, 0.2) is 11.5 Å². The number of ether oxygens (including phenoxy) is 2. The first-order chi connectivity index (χ1) is 12.2. The van der Waals surface area contributed by atoms with Crippen LogP contribution in [0.5, 0.6) is 11.5 Å². The average Bonchev–Trinajstić information content (AvgIpc) is 3.11. The van der Waals surface area contributed by atoms with Crippen LogP contribution in [0.2, 0.25) is 0 Å². The van der Waals surface area contributed by atoms with E-state index in [9.17, 15) is 4.79 Å². The number of amides is 1. The summed E-state index contributed by atoms with van der Waals surface area (Å²) in [6.45, 7) is 3.17. The molecular weight excluding hydrogens is 336 g/mol. The number of benzene rings is 1. The van der Waals surface area contributed by atoms with Crippen LogP contribution < -0.4 is 14.8 Å². The van der Waals surface area contributed by atoms with Gasteiger partial charge in [-0.3, -0.25) is 4.79 Å². The summed E-state index contributed by atoms with van der Waals surface area (Å²) in [4.78, 5) is 16.9. The zero-order valence-corrected chi connectivity index (χ0v) is 15.2. The molecule has 2 aromatic rings. The third kappa shape index (κ3) is 3.68. The van der Waals surface area contributed by atoms with Crippen LogP contribution in [0.4, 0.5) is 0 Å². The average molecular weight is 358 g/mol. The number of thioether (sulfide) groups is 1. The molecule has 0 radical (unpaired) electrons. The van der Waals surface area contributed by atoms with Crippen molar-refractivity contribution in [3.63, 3.8) is 0 Å². The fourth-order valence-electron chi connectivity index (χ4n) is 3.42. The van der Waals surface area contributed by atoms with E-state index in [1.165, 1.54) is 24.6 Å². The van der Waals surface area contributed by atoms with Crippen LogP contribution in [0.3, 0.4) is 0 Å². The summed E-state index contributed by atoms with van der Waals surface area (Å²) in [5.74, 6) is 2.02. The first-order valence-corrected chi connectivity index (χ1v) is 9.81. The van der Waals surface area contributed by atoms with E-state index >= 15 is 0 Å². The zero-order chi connectivity index (χ0) is 17.2. The Morgan fingerprint density at radius 1 is 1.20 bits per heavy atom. The summed E-state index contributed by atoms with van der Waals surface area (Å²) in [6, 6.07) is 6.36. The van der Waals surface area contributed by atoms with Crippen molar-refractivity contribution in [2.75, 3.05) is 19.0 Å². The Kier molecular flexibility index (Phi) is 4.70. The topological polar surface area (TPSA) is 60.5 Å². The van der Waals surface area contributed by atoms with Crippen molar-refractivity contribution in [1.29, 1.82) is 0 Å². The molecular formula is C19H22N2O3S. The van der Waals surface area contributed by atoms with E-state index in [-0.39, 0.29) is 5.91 Å². The van der Waals surface area contributed by atoms with Crippen LogP contribution in [0.25, 0.3) is 10.9 Å². The van der Waals surface area contributed by atoms with Gasteiger partial charge in [-0.15, -0.1) is 0 Å². The summed E-state index contributed by atoms with van der Waals surface area (Å²) >= 11 is 1.50. The Morgan fingerprint density at radius 2 is 1.92 bits per heavy atom. The second kappa shape index (κ2) is 7.12. The van der Waals surface area contributed by atoms with E-state index in [0.29, 0.717) is 25.0 Å². The van der Waals surface area contributed by atoms with Gasteiger partial charge in [0.1, 0.15) is 18.2 Å². The highest BCUT2D eigenvalue weighted by molar-refractivity contribution is 7.99. The van der Waals surface area contributed by atoms with Crippen molar-refractivity contribution in [3.8, 4) is 11.5 Å². The number of carbonyl (C=O) groups excluding carboxylic acids is 1. The maximum atomic E-state index is 12.1. The summed E-state index contributed by atoms with van der Waals surface area (Å²) in [5.41, 5.74) is 1.94. The second-order valence-electron chi connectivity index (χ2n) is 6.64. The molecule has 1 saturated carbocycles. The monoisotopic (exact) mass is 358 g/mol. The Morgan fingerprint density at radius 3 is 2.68 bits per heavy atom. The van der Waals surface area contributed by atoms with Gasteiger partial charge in [-0.2, -0.15) is 0 Å². The highest BCUT2D eigenvalue weighted by atomic mass is 32.2. The van der Waals surface area contributed by atoms with Crippen LogP contribution in [0.1, 0.15) is 31.2 Å². The quantitative estimate of drug-likeness (QED) is 0.848. The summed E-state index contributed by atoms with van der Waals surface area (Å²) in [7, 11) is 0. The Hall–Kier alpha value is -1.95. The van der Waals surface area contributed by atoms with Crippen LogP contribution in [0.15, 0.2) is 23.2 Å². The first kappa shape index (κ1) is 16.5. The second-order valence-corrected chi connectivity index (χ2v) is 7.60. The zero-order valence-electron chi connectivity index (χ0n) is 14.3. The van der Waals surface area contributed by atoms with Gasteiger partial charge in [-0.05, 0) is 37.5 Å². The smallest absolute Gasteiger partial charge is 0.230 e. The lowest BCUT2D eigenvalue weighted by atomic mass is 10.1. The molecule has 1 aromatic heterocycles. The summed E-state index contributed by atoms with van der Waals surface area (Å²) in [5, 5.41) is 5.05. The summed E-state index contributed by atoms with van der Waals surface area (Å²) < 4.78 is 11.3. The van der Waals surface area contributed by atoms with E-state index in [2.05, 4.69) is 11.4 Å². The number of rotatable bonds is 4. The number of carbonyl (C=O) groups is 1. The molecule has 6 heteroatoms. The molecule has 132 valence electrons. The number of aryl methyl sites for hydroxylation is 1. The van der Waals surface area contributed by atoms with Gasteiger partial charge in [0, 0.05) is 17.5 Å². The maximum Gasteiger partial charge on any atom is 0.230 e. The number of nitrogens with zero attached hydrogens (tertiary/aromatic N) is 1. The molecule has 0 bridgehead atoms. The lowest BCUT2D eigenvalue weighted by Gasteiger charge is -2.19. The first-order valence-electron chi connectivity index (χ1n) is 8.82. The van der Waals surface area contributed by atoms with Crippen molar-refractivity contribution in [1.82, 2.24) is 10.3 Å². The van der Waals surface area contributed by atoms with Crippen molar-refractivity contribution in [2.24, 2.45) is 0 Å². The molecule has 1 amide bonds. The molecule has 1 N–H and O–H groups in total. The van der Waals surface area contributed by atoms with Gasteiger partial charge in [0.05, 0.1) is 11.3 Å². The Balaban J connectivity index is 1.49. The fraction of sp³-hybridized carbons (Fsp3) is 0.474. The van der Waals surface area contributed by atoms with Crippen LogP contribution in [-0.4, -0.2) is 35.9 Å². The van der Waals surface area contributed by atoms with Gasteiger partial charge in [0.2, 0.25) is 5.91 Å². The molecule has 1 aliphatic heterocycles. The Bertz CT molecular complexity index is 803. The third-order valence-electron chi connectivity index (χ3n) is 4.68. The number of hydrogen-bond acceptors (Lipinski definition) is 5. The standard InChI is InChI=1S/C19H22N2O3S/c1-12-8-13-9-16-17(24-7-6-23-16)10-15(13)21-19(12)25-11-18(22)20-14-4-2-3-5-14/h8-10,14H,2-7,11H2,1H3,(H,20,22). The third-order valence-corrected chi connectivity index (χ3v) is 5.78. The van der Waals surface area contributed by atoms with Crippen LogP contribution >= 0.6 is 11.8 Å². The van der Waals surface area contributed by atoms with E-state index in [0.717, 1.165) is 45.8 Å². The van der Waals surface area contributed by atoms with Crippen molar-refractivity contribution in [3.05, 3.63) is 23.8 Å². The SMILES string of the molecule is Cc1cc2cc3c(cc2nc1SCC(=O)NC1CCCC1)OCCO3. The lowest BCUT2D eigenvalue weighted by Crippen LogP contribution is -2.33. The van der Waals surface area contributed by atoms with Gasteiger partial charge in [-0.1, -0.05) is 24.6 Å². The molecule has 1 aliphatic carbocycles. The van der Waals surface area contributed by atoms with E-state index in [4.69, 9.17) is 14.5 Å². The van der Waals surface area contributed by atoms with Gasteiger partial charge < -0.3 is 14.8 Å². The molecule has 4 rings (SSSR count). The normalized spacial score (nSPS) is 17.0. The van der Waals surface area contributed by atoms with Crippen molar-refractivity contribution < 1.29 is 14.3 Å². The van der Waals surface area contributed by atoms with Crippen molar-refractivity contribution >= 4 is 28.6 Å². The number of pyridine rings is 1. The minimum atomic E-state index is 0.0976. The molecule has 0 spiro atoms. The molecule has 5 nitrogen and oxygen atoms in total. The van der Waals surface area contributed by atoms with E-state index in [1.807, 2.05) is 19.1 Å². The molecule has 1 aromatic carbocycles. The van der Waals surface area contributed by atoms with E-state index in [1.54, 1.807) is 0 Å². The molecule has 0 saturated heterocycles. The molecule has 0 unspecified atom stereocenters. The van der Waals surface area contributed by atoms with E-state index < -0.39 is 0 Å². The lowest BCUT2D eigenvalue weighted by molar-refractivity contribution is -0.119. The largest absolute Gasteiger partial charge is 0.486 e. The number of aromatic nitrogens is 1. The van der Waals surface area contributed by atoms with Gasteiger partial charge in [0.25, 0.3) is 0 Å². The number of hydrogen-bond donors (Lipinski definition) is 1. The Labute approximate surface area is 151 Å². The predicted molar refractivity (Wildman–Crippen MR) is 98.6 cm³/mol. The molecule has 2 heterocycles. The summed E-state index contributed by atoms with van der Waals surface area (Å²) in [6.07, 6.45) is 4.66.